The molecule has 0 amide bonds. The first-order valence-corrected chi connectivity index (χ1v) is 9.01. The third kappa shape index (κ3) is 9.40. The molecule has 3 aromatic rings. The average molecular weight is 389 g/mol. The molecule has 3 rings (SSSR count). The molecule has 0 saturated carbocycles. The zero-order valence-corrected chi connectivity index (χ0v) is 17.5. The van der Waals surface area contributed by atoms with Crippen LogP contribution >= 0.6 is 0 Å². The van der Waals surface area contributed by atoms with E-state index in [4.69, 9.17) is 0 Å². The molecule has 0 aliphatic carbocycles. The molecular weight excluding hydrogens is 357 g/mol. The fourth-order valence-corrected chi connectivity index (χ4v) is 2.66. The third-order valence-corrected chi connectivity index (χ3v) is 4.08. The lowest BCUT2D eigenvalue weighted by Crippen LogP contribution is -1.91. The molecule has 3 heteroatoms. The first-order valence-electron chi connectivity index (χ1n) is 9.01. The maximum atomic E-state index is 9.50. The third-order valence-electron chi connectivity index (χ3n) is 4.08. The van der Waals surface area contributed by atoms with E-state index in [-0.39, 0.29) is 0 Å². The maximum Gasteiger partial charge on any atom is 0.0785 e. The van der Waals surface area contributed by atoms with Crippen molar-refractivity contribution in [3.63, 3.8) is 0 Å². The van der Waals surface area contributed by atoms with E-state index in [9.17, 15) is 13.2 Å². The second-order valence-corrected chi connectivity index (χ2v) is 6.14. The summed E-state index contributed by atoms with van der Waals surface area (Å²) in [6.45, 7) is 4.26. The average Bonchev–Trinajstić information content (AvgIpc) is 2.77. The Balaban J connectivity index is 0.00000111. The Bertz CT molecular complexity index is 664. The number of halogens is 3. The number of hydrogen-bond acceptors (Lipinski definition) is 0. The normalized spacial score (nSPS) is 9.00. The molecular formula is C25H31F3. The topological polar surface area (TPSA) is 0 Å². The monoisotopic (exact) mass is 388 g/mol. The SMILES string of the molecule is CF.CF.CF.Cc1ccc(Cc2ccc(Cc3ccc(C)cc3)cc2)cc1. The van der Waals surface area contributed by atoms with Gasteiger partial charge in [0.2, 0.25) is 0 Å². The molecule has 0 spiro atoms. The summed E-state index contributed by atoms with van der Waals surface area (Å²) in [6, 6.07) is 26.6. The van der Waals surface area contributed by atoms with Crippen molar-refractivity contribution in [3.8, 4) is 0 Å². The molecule has 0 saturated heterocycles. The van der Waals surface area contributed by atoms with Gasteiger partial charge in [-0.15, -0.1) is 0 Å². The molecule has 0 heterocycles. The second-order valence-electron chi connectivity index (χ2n) is 6.14. The van der Waals surface area contributed by atoms with E-state index in [1.54, 1.807) is 0 Å². The molecule has 0 bridgehead atoms. The Labute approximate surface area is 168 Å². The molecule has 0 aliphatic heterocycles. The van der Waals surface area contributed by atoms with Crippen molar-refractivity contribution >= 4 is 0 Å². The predicted octanol–water partition coefficient (Wildman–Crippen LogP) is 7.24. The van der Waals surface area contributed by atoms with Gasteiger partial charge >= 0.3 is 0 Å². The van der Waals surface area contributed by atoms with Gasteiger partial charge in [-0.2, -0.15) is 0 Å². The summed E-state index contributed by atoms with van der Waals surface area (Å²) in [4.78, 5) is 0. The Kier molecular flexibility index (Phi) is 14.1. The number of benzene rings is 3. The van der Waals surface area contributed by atoms with Crippen molar-refractivity contribution in [1.82, 2.24) is 0 Å². The fourth-order valence-electron chi connectivity index (χ4n) is 2.66. The van der Waals surface area contributed by atoms with Gasteiger partial charge in [-0.3, -0.25) is 13.2 Å². The van der Waals surface area contributed by atoms with Crippen LogP contribution in [0.3, 0.4) is 0 Å². The molecule has 0 atom stereocenters. The van der Waals surface area contributed by atoms with E-state index in [2.05, 4.69) is 86.6 Å². The molecule has 152 valence electrons. The van der Waals surface area contributed by atoms with Gasteiger partial charge < -0.3 is 0 Å². The first kappa shape index (κ1) is 25.5. The van der Waals surface area contributed by atoms with Gasteiger partial charge in [0.15, 0.2) is 0 Å². The van der Waals surface area contributed by atoms with E-state index in [0.717, 1.165) is 12.8 Å². The summed E-state index contributed by atoms with van der Waals surface area (Å²) in [5.41, 5.74) is 8.12. The van der Waals surface area contributed by atoms with Gasteiger partial charge in [-0.1, -0.05) is 83.9 Å². The van der Waals surface area contributed by atoms with Crippen LogP contribution in [0, 0.1) is 13.8 Å². The van der Waals surface area contributed by atoms with Crippen LogP contribution in [-0.2, 0) is 12.8 Å². The number of hydrogen-bond donors (Lipinski definition) is 0. The van der Waals surface area contributed by atoms with Gasteiger partial charge in [0, 0.05) is 0 Å². The Morgan fingerprint density at radius 1 is 0.393 bits per heavy atom. The zero-order chi connectivity index (χ0) is 21.4. The number of rotatable bonds is 4. The zero-order valence-electron chi connectivity index (χ0n) is 17.5. The molecule has 0 aliphatic rings. The molecule has 28 heavy (non-hydrogen) atoms. The van der Waals surface area contributed by atoms with E-state index >= 15 is 0 Å². The number of aryl methyl sites for hydroxylation is 2. The van der Waals surface area contributed by atoms with Crippen molar-refractivity contribution in [2.45, 2.75) is 26.7 Å². The summed E-state index contributed by atoms with van der Waals surface area (Å²) in [7, 11) is 1.50. The van der Waals surface area contributed by atoms with Crippen LogP contribution in [0.25, 0.3) is 0 Å². The Morgan fingerprint density at radius 2 is 0.571 bits per heavy atom. The highest BCUT2D eigenvalue weighted by atomic mass is 19.1. The highest BCUT2D eigenvalue weighted by Crippen LogP contribution is 2.15. The molecule has 0 fully saturated rings. The van der Waals surface area contributed by atoms with Gasteiger partial charge in [-0.05, 0) is 48.9 Å². The summed E-state index contributed by atoms with van der Waals surface area (Å²) >= 11 is 0. The molecule has 0 N–H and O–H groups in total. The van der Waals surface area contributed by atoms with Gasteiger partial charge in [-0.25, -0.2) is 0 Å². The van der Waals surface area contributed by atoms with E-state index in [0.29, 0.717) is 21.5 Å². The smallest absolute Gasteiger partial charge is 0.0785 e. The fraction of sp³-hybridized carbons (Fsp3) is 0.280. The standard InChI is InChI=1S/C22H22.3CH3F/c1-17-3-7-19(8-4-17)15-21-11-13-22(14-12-21)16-20-9-5-18(2)6-10-20;3*1-2/h3-14H,15-16H2,1-2H3;3*1H3. The van der Waals surface area contributed by atoms with Gasteiger partial charge in [0.25, 0.3) is 0 Å². The van der Waals surface area contributed by atoms with Crippen LogP contribution in [0.5, 0.6) is 0 Å². The molecule has 0 radical (unpaired) electrons. The van der Waals surface area contributed by atoms with Crippen LogP contribution in [0.1, 0.15) is 33.4 Å². The van der Waals surface area contributed by atoms with Crippen LogP contribution in [-0.4, -0.2) is 21.5 Å². The van der Waals surface area contributed by atoms with Crippen LogP contribution in [0.2, 0.25) is 0 Å². The lowest BCUT2D eigenvalue weighted by atomic mass is 9.99. The molecule has 0 unspecified atom stereocenters. The molecule has 0 nitrogen and oxygen atoms in total. The quantitative estimate of drug-likeness (QED) is 0.442. The van der Waals surface area contributed by atoms with Gasteiger partial charge in [0.05, 0.1) is 21.5 Å². The van der Waals surface area contributed by atoms with Crippen molar-refractivity contribution in [1.29, 1.82) is 0 Å². The van der Waals surface area contributed by atoms with Crippen LogP contribution in [0.4, 0.5) is 13.2 Å². The summed E-state index contributed by atoms with van der Waals surface area (Å²) < 4.78 is 28.5. The molecule has 0 aromatic heterocycles. The largest absolute Gasteiger partial charge is 0.255 e. The van der Waals surface area contributed by atoms with Gasteiger partial charge in [0.1, 0.15) is 0 Å². The summed E-state index contributed by atoms with van der Waals surface area (Å²) in [5.74, 6) is 0. The van der Waals surface area contributed by atoms with Crippen molar-refractivity contribution < 1.29 is 13.2 Å². The maximum absolute atomic E-state index is 9.50. The predicted molar refractivity (Wildman–Crippen MR) is 116 cm³/mol. The first-order chi connectivity index (χ1) is 13.7. The summed E-state index contributed by atoms with van der Waals surface area (Å²) in [6.07, 6.45) is 2.01. The minimum atomic E-state index is 0.500. The van der Waals surface area contributed by atoms with Crippen molar-refractivity contribution in [2.24, 2.45) is 0 Å². The van der Waals surface area contributed by atoms with Crippen molar-refractivity contribution in [2.75, 3.05) is 21.5 Å². The molecule has 3 aromatic carbocycles. The highest BCUT2D eigenvalue weighted by Gasteiger charge is 1.99. The van der Waals surface area contributed by atoms with Crippen molar-refractivity contribution in [3.05, 3.63) is 106 Å². The van der Waals surface area contributed by atoms with E-state index in [1.165, 1.54) is 33.4 Å². The highest BCUT2D eigenvalue weighted by molar-refractivity contribution is 5.33. The van der Waals surface area contributed by atoms with E-state index < -0.39 is 0 Å². The van der Waals surface area contributed by atoms with Crippen LogP contribution < -0.4 is 0 Å². The lowest BCUT2D eigenvalue weighted by molar-refractivity contribution is 0.635. The lowest BCUT2D eigenvalue weighted by Gasteiger charge is -2.06. The second kappa shape index (κ2) is 15.5. The Hall–Kier alpha value is -2.55. The number of alkyl halides is 3. The minimum Gasteiger partial charge on any atom is -0.255 e. The van der Waals surface area contributed by atoms with E-state index in [1.807, 2.05) is 0 Å². The summed E-state index contributed by atoms with van der Waals surface area (Å²) in [5, 5.41) is 0. The minimum absolute atomic E-state index is 0.500. The Morgan fingerprint density at radius 3 is 0.786 bits per heavy atom. The van der Waals surface area contributed by atoms with Crippen LogP contribution in [0.15, 0.2) is 72.8 Å².